The molecule has 150 valence electrons. The van der Waals surface area contributed by atoms with Crippen molar-refractivity contribution in [3.8, 4) is 17.0 Å². The molecule has 0 radical (unpaired) electrons. The van der Waals surface area contributed by atoms with E-state index in [1.807, 2.05) is 0 Å². The van der Waals surface area contributed by atoms with Crippen molar-refractivity contribution in [2.45, 2.75) is 11.9 Å². The van der Waals surface area contributed by atoms with Gasteiger partial charge in [0.25, 0.3) is 5.91 Å². The van der Waals surface area contributed by atoms with E-state index in [4.69, 9.17) is 16.3 Å². The second-order valence-corrected chi connectivity index (χ2v) is 8.69. The Morgan fingerprint density at radius 2 is 1.69 bits per heavy atom. The van der Waals surface area contributed by atoms with E-state index in [0.29, 0.717) is 22.2 Å². The summed E-state index contributed by atoms with van der Waals surface area (Å²) in [5.74, 6) is 0.213. The van der Waals surface area contributed by atoms with E-state index in [2.05, 4.69) is 15.5 Å². The van der Waals surface area contributed by atoms with Crippen molar-refractivity contribution >= 4 is 33.0 Å². The lowest BCUT2D eigenvalue weighted by Gasteiger charge is -2.08. The second-order valence-electron chi connectivity index (χ2n) is 6.03. The first kappa shape index (κ1) is 20.8. The molecule has 7 nitrogen and oxygen atoms in total. The minimum absolute atomic E-state index is 0.0306. The lowest BCUT2D eigenvalue weighted by Crippen LogP contribution is -2.20. The smallest absolute Gasteiger partial charge is 0.262 e. The van der Waals surface area contributed by atoms with Crippen molar-refractivity contribution in [3.63, 3.8) is 0 Å². The van der Waals surface area contributed by atoms with Crippen LogP contribution in [0.3, 0.4) is 0 Å². The van der Waals surface area contributed by atoms with E-state index in [1.54, 1.807) is 61.5 Å². The Bertz CT molecular complexity index is 1080. The van der Waals surface area contributed by atoms with Gasteiger partial charge in [0, 0.05) is 16.3 Å². The molecule has 0 saturated carbocycles. The van der Waals surface area contributed by atoms with Crippen molar-refractivity contribution in [2.75, 3.05) is 17.7 Å². The highest BCUT2D eigenvalue weighted by Gasteiger charge is 2.14. The summed E-state index contributed by atoms with van der Waals surface area (Å²) < 4.78 is 29.0. The van der Waals surface area contributed by atoms with Crippen molar-refractivity contribution in [1.82, 2.24) is 10.2 Å². The Morgan fingerprint density at radius 3 is 2.28 bits per heavy atom. The average Bonchev–Trinajstić information content (AvgIpc) is 2.74. The predicted octanol–water partition coefficient (Wildman–Crippen LogP) is 3.61. The second kappa shape index (κ2) is 9.02. The number of ether oxygens (including phenoxy) is 1. The molecule has 0 aliphatic heterocycles. The zero-order chi connectivity index (χ0) is 20.9. The van der Waals surface area contributed by atoms with Crippen LogP contribution in [0.25, 0.3) is 11.3 Å². The van der Waals surface area contributed by atoms with Crippen LogP contribution in [0.1, 0.15) is 6.92 Å². The molecule has 1 heterocycles. The first-order chi connectivity index (χ1) is 13.9. The van der Waals surface area contributed by atoms with Gasteiger partial charge in [0.2, 0.25) is 0 Å². The lowest BCUT2D eigenvalue weighted by atomic mass is 10.1. The summed E-state index contributed by atoms with van der Waals surface area (Å²) in [6.45, 7) is 1.42. The number of hydrogen-bond donors (Lipinski definition) is 1. The molecule has 3 aromatic rings. The molecule has 1 amide bonds. The molecule has 29 heavy (non-hydrogen) atoms. The molecule has 0 fully saturated rings. The van der Waals surface area contributed by atoms with Gasteiger partial charge < -0.3 is 10.1 Å². The molecular weight excluding hydrogens is 414 g/mol. The first-order valence-electron chi connectivity index (χ1n) is 8.72. The number of rotatable bonds is 7. The van der Waals surface area contributed by atoms with Gasteiger partial charge in [-0.2, -0.15) is 0 Å². The van der Waals surface area contributed by atoms with Crippen LogP contribution >= 0.6 is 11.6 Å². The SMILES string of the molecule is CCS(=O)(=O)c1ccc(-c2ccc(NC(=O)COc3ccc(Cl)cc3)cc2)nn1. The van der Waals surface area contributed by atoms with Gasteiger partial charge in [0.15, 0.2) is 21.5 Å². The molecule has 0 aliphatic rings. The van der Waals surface area contributed by atoms with Crippen LogP contribution in [0.2, 0.25) is 5.02 Å². The fraction of sp³-hybridized carbons (Fsp3) is 0.150. The van der Waals surface area contributed by atoms with Gasteiger partial charge in [-0.05, 0) is 48.5 Å². The van der Waals surface area contributed by atoms with Gasteiger partial charge in [-0.25, -0.2) is 8.42 Å². The molecule has 1 aromatic heterocycles. The van der Waals surface area contributed by atoms with E-state index < -0.39 is 9.84 Å². The number of nitrogens with one attached hydrogen (secondary N) is 1. The first-order valence-corrected chi connectivity index (χ1v) is 10.8. The van der Waals surface area contributed by atoms with Crippen LogP contribution in [0.5, 0.6) is 5.75 Å². The standard InChI is InChI=1S/C20H18ClN3O4S/c1-2-29(26,27)20-12-11-18(23-24-20)14-3-7-16(8-4-14)22-19(25)13-28-17-9-5-15(21)6-10-17/h3-12H,2,13H2,1H3,(H,22,25). The number of sulfone groups is 1. The highest BCUT2D eigenvalue weighted by Crippen LogP contribution is 2.20. The minimum Gasteiger partial charge on any atom is -0.484 e. The number of aromatic nitrogens is 2. The summed E-state index contributed by atoms with van der Waals surface area (Å²) in [5, 5.41) is 11.0. The number of carbonyl (C=O) groups is 1. The maximum absolute atomic E-state index is 12.0. The third-order valence-electron chi connectivity index (χ3n) is 3.99. The molecule has 9 heteroatoms. The zero-order valence-electron chi connectivity index (χ0n) is 15.5. The highest BCUT2D eigenvalue weighted by molar-refractivity contribution is 7.91. The zero-order valence-corrected chi connectivity index (χ0v) is 17.1. The topological polar surface area (TPSA) is 98.2 Å². The van der Waals surface area contributed by atoms with Crippen LogP contribution in [0.15, 0.2) is 65.7 Å². The van der Waals surface area contributed by atoms with E-state index in [1.165, 1.54) is 6.07 Å². The molecule has 0 unspecified atom stereocenters. The summed E-state index contributed by atoms with van der Waals surface area (Å²) in [4.78, 5) is 12.0. The van der Waals surface area contributed by atoms with Gasteiger partial charge >= 0.3 is 0 Å². The quantitative estimate of drug-likeness (QED) is 0.613. The molecule has 0 atom stereocenters. The Hall–Kier alpha value is -2.97. The lowest BCUT2D eigenvalue weighted by molar-refractivity contribution is -0.118. The molecular formula is C20H18ClN3O4S. The molecule has 2 aromatic carbocycles. The van der Waals surface area contributed by atoms with E-state index >= 15 is 0 Å². The number of anilines is 1. The monoisotopic (exact) mass is 431 g/mol. The van der Waals surface area contributed by atoms with Crippen LogP contribution in [0, 0.1) is 0 Å². The number of benzene rings is 2. The summed E-state index contributed by atoms with van der Waals surface area (Å²) in [5.41, 5.74) is 1.87. The molecule has 0 bridgehead atoms. The van der Waals surface area contributed by atoms with Crippen molar-refractivity contribution < 1.29 is 17.9 Å². The maximum Gasteiger partial charge on any atom is 0.262 e. The fourth-order valence-electron chi connectivity index (χ4n) is 2.39. The molecule has 0 saturated heterocycles. The summed E-state index contributed by atoms with van der Waals surface area (Å²) in [6, 6.07) is 16.7. The van der Waals surface area contributed by atoms with Gasteiger partial charge in [0.1, 0.15) is 5.75 Å². The molecule has 0 aliphatic carbocycles. The molecule has 3 rings (SSSR count). The number of amides is 1. The van der Waals surface area contributed by atoms with E-state index in [-0.39, 0.29) is 23.3 Å². The molecule has 1 N–H and O–H groups in total. The van der Waals surface area contributed by atoms with E-state index in [9.17, 15) is 13.2 Å². The normalized spacial score (nSPS) is 11.1. The van der Waals surface area contributed by atoms with Gasteiger partial charge in [-0.15, -0.1) is 10.2 Å². The number of hydrogen-bond acceptors (Lipinski definition) is 6. The van der Waals surface area contributed by atoms with Gasteiger partial charge in [-0.3, -0.25) is 4.79 Å². The van der Waals surface area contributed by atoms with Crippen LogP contribution in [-0.4, -0.2) is 36.9 Å². The van der Waals surface area contributed by atoms with Gasteiger partial charge in [0.05, 0.1) is 11.4 Å². The third kappa shape index (κ3) is 5.52. The fourth-order valence-corrected chi connectivity index (χ4v) is 3.25. The average molecular weight is 432 g/mol. The Morgan fingerprint density at radius 1 is 1.00 bits per heavy atom. The van der Waals surface area contributed by atoms with Crippen LogP contribution in [-0.2, 0) is 14.6 Å². The van der Waals surface area contributed by atoms with Crippen LogP contribution in [0.4, 0.5) is 5.69 Å². The van der Waals surface area contributed by atoms with Crippen molar-refractivity contribution in [1.29, 1.82) is 0 Å². The summed E-state index contributed by atoms with van der Waals surface area (Å²) >= 11 is 5.80. The highest BCUT2D eigenvalue weighted by atomic mass is 35.5. The largest absolute Gasteiger partial charge is 0.484 e. The van der Waals surface area contributed by atoms with E-state index in [0.717, 1.165) is 5.56 Å². The van der Waals surface area contributed by atoms with Crippen molar-refractivity contribution in [3.05, 3.63) is 65.7 Å². The Labute approximate surface area is 173 Å². The Balaban J connectivity index is 1.59. The predicted molar refractivity (Wildman–Crippen MR) is 111 cm³/mol. The Kier molecular flexibility index (Phi) is 6.46. The number of carbonyl (C=O) groups excluding carboxylic acids is 1. The maximum atomic E-state index is 12.0. The summed E-state index contributed by atoms with van der Waals surface area (Å²) in [6.07, 6.45) is 0. The summed E-state index contributed by atoms with van der Waals surface area (Å²) in [7, 11) is -3.38. The van der Waals surface area contributed by atoms with Gasteiger partial charge in [-0.1, -0.05) is 30.7 Å². The molecule has 0 spiro atoms. The number of halogens is 1. The minimum atomic E-state index is -3.38. The third-order valence-corrected chi connectivity index (χ3v) is 5.85. The van der Waals surface area contributed by atoms with Crippen molar-refractivity contribution in [2.24, 2.45) is 0 Å². The number of nitrogens with zero attached hydrogens (tertiary/aromatic N) is 2. The van der Waals surface area contributed by atoms with Crippen LogP contribution < -0.4 is 10.1 Å².